The standard InChI is InChI=1S/C14H19NO3/c1-11(14(16)17)8-9-15(2)10-12-6-4-5-7-13(12)18-3/h4-8H,9-10H2,1-3H3,(H,16,17). The van der Waals surface area contributed by atoms with E-state index in [1.54, 1.807) is 20.1 Å². The second-order valence-corrected chi connectivity index (χ2v) is 4.20. The highest BCUT2D eigenvalue weighted by molar-refractivity contribution is 5.85. The molecule has 0 bridgehead atoms. The highest BCUT2D eigenvalue weighted by Crippen LogP contribution is 2.18. The number of ether oxygens (including phenoxy) is 1. The minimum atomic E-state index is -0.874. The Morgan fingerprint density at radius 2 is 2.11 bits per heavy atom. The first-order chi connectivity index (χ1) is 8.54. The van der Waals surface area contributed by atoms with Gasteiger partial charge in [0, 0.05) is 24.2 Å². The summed E-state index contributed by atoms with van der Waals surface area (Å²) in [6.07, 6.45) is 1.71. The molecule has 0 radical (unpaired) electrons. The quantitative estimate of drug-likeness (QED) is 0.785. The average molecular weight is 249 g/mol. The highest BCUT2D eigenvalue weighted by atomic mass is 16.5. The van der Waals surface area contributed by atoms with Crippen LogP contribution in [0.5, 0.6) is 5.75 Å². The van der Waals surface area contributed by atoms with Gasteiger partial charge in [-0.05, 0) is 20.0 Å². The van der Waals surface area contributed by atoms with Crippen molar-refractivity contribution in [2.75, 3.05) is 20.7 Å². The third kappa shape index (κ3) is 4.22. The van der Waals surface area contributed by atoms with Crippen LogP contribution >= 0.6 is 0 Å². The van der Waals surface area contributed by atoms with Gasteiger partial charge in [0.1, 0.15) is 5.75 Å². The first-order valence-electron chi connectivity index (χ1n) is 5.75. The van der Waals surface area contributed by atoms with Crippen LogP contribution < -0.4 is 4.74 Å². The molecule has 0 aliphatic carbocycles. The Morgan fingerprint density at radius 3 is 2.72 bits per heavy atom. The average Bonchev–Trinajstić information content (AvgIpc) is 2.36. The van der Waals surface area contributed by atoms with Crippen molar-refractivity contribution in [2.24, 2.45) is 0 Å². The van der Waals surface area contributed by atoms with Gasteiger partial charge in [0.15, 0.2) is 0 Å². The first kappa shape index (κ1) is 14.3. The summed E-state index contributed by atoms with van der Waals surface area (Å²) in [6, 6.07) is 7.81. The lowest BCUT2D eigenvalue weighted by atomic mass is 10.2. The molecule has 1 rings (SSSR count). The zero-order chi connectivity index (χ0) is 13.5. The van der Waals surface area contributed by atoms with E-state index in [0.717, 1.165) is 11.3 Å². The largest absolute Gasteiger partial charge is 0.496 e. The number of nitrogens with zero attached hydrogens (tertiary/aromatic N) is 1. The topological polar surface area (TPSA) is 49.8 Å². The van der Waals surface area contributed by atoms with E-state index in [0.29, 0.717) is 18.7 Å². The van der Waals surface area contributed by atoms with Gasteiger partial charge in [-0.1, -0.05) is 24.3 Å². The summed E-state index contributed by atoms with van der Waals surface area (Å²) in [6.45, 7) is 2.91. The molecule has 0 unspecified atom stereocenters. The Bertz CT molecular complexity index is 440. The van der Waals surface area contributed by atoms with Crippen LogP contribution in [0.15, 0.2) is 35.9 Å². The molecule has 0 saturated carbocycles. The molecule has 98 valence electrons. The molecular formula is C14H19NO3. The van der Waals surface area contributed by atoms with Gasteiger partial charge < -0.3 is 9.84 Å². The molecule has 0 fully saturated rings. The SMILES string of the molecule is COc1ccccc1CN(C)CC=C(C)C(=O)O. The molecule has 0 saturated heterocycles. The Labute approximate surface area is 107 Å². The van der Waals surface area contributed by atoms with Crippen LogP contribution in [0.1, 0.15) is 12.5 Å². The van der Waals surface area contributed by atoms with E-state index in [9.17, 15) is 4.79 Å². The fourth-order valence-corrected chi connectivity index (χ4v) is 1.57. The van der Waals surface area contributed by atoms with Gasteiger partial charge in [0.25, 0.3) is 0 Å². The summed E-state index contributed by atoms with van der Waals surface area (Å²) >= 11 is 0. The van der Waals surface area contributed by atoms with Crippen LogP contribution in [-0.2, 0) is 11.3 Å². The predicted octanol–water partition coefficient (Wildman–Crippen LogP) is 2.16. The van der Waals surface area contributed by atoms with Gasteiger partial charge in [0.05, 0.1) is 7.11 Å². The Balaban J connectivity index is 2.62. The molecule has 1 aromatic rings. The van der Waals surface area contributed by atoms with Crippen LogP contribution in [0.3, 0.4) is 0 Å². The smallest absolute Gasteiger partial charge is 0.330 e. The number of aliphatic carboxylic acids is 1. The summed E-state index contributed by atoms with van der Waals surface area (Å²) < 4.78 is 5.27. The molecule has 0 amide bonds. The van der Waals surface area contributed by atoms with Gasteiger partial charge in [-0.2, -0.15) is 0 Å². The number of hydrogen-bond donors (Lipinski definition) is 1. The van der Waals surface area contributed by atoms with E-state index < -0.39 is 5.97 Å². The van der Waals surface area contributed by atoms with Crippen molar-refractivity contribution in [2.45, 2.75) is 13.5 Å². The Hall–Kier alpha value is -1.81. The maximum absolute atomic E-state index is 10.7. The van der Waals surface area contributed by atoms with E-state index in [4.69, 9.17) is 9.84 Å². The monoisotopic (exact) mass is 249 g/mol. The van der Waals surface area contributed by atoms with Crippen LogP contribution in [0.4, 0.5) is 0 Å². The van der Waals surface area contributed by atoms with Crippen molar-refractivity contribution in [1.29, 1.82) is 0 Å². The van der Waals surface area contributed by atoms with Gasteiger partial charge in [-0.15, -0.1) is 0 Å². The molecule has 1 N–H and O–H groups in total. The molecule has 0 aromatic heterocycles. The predicted molar refractivity (Wildman–Crippen MR) is 70.7 cm³/mol. The number of methoxy groups -OCH3 is 1. The number of carboxylic acid groups (broad SMARTS) is 1. The third-order valence-electron chi connectivity index (χ3n) is 2.68. The fourth-order valence-electron chi connectivity index (χ4n) is 1.57. The number of para-hydroxylation sites is 1. The van der Waals surface area contributed by atoms with E-state index in [2.05, 4.69) is 0 Å². The van der Waals surface area contributed by atoms with Crippen LogP contribution in [0.2, 0.25) is 0 Å². The first-order valence-corrected chi connectivity index (χ1v) is 5.75. The molecule has 1 aromatic carbocycles. The van der Waals surface area contributed by atoms with Gasteiger partial charge in [-0.25, -0.2) is 4.79 Å². The maximum Gasteiger partial charge on any atom is 0.330 e. The van der Waals surface area contributed by atoms with Gasteiger partial charge in [0.2, 0.25) is 0 Å². The summed E-state index contributed by atoms with van der Waals surface area (Å²) in [7, 11) is 3.59. The zero-order valence-electron chi connectivity index (χ0n) is 11.0. The molecule has 0 aliphatic heterocycles. The molecule has 0 atom stereocenters. The van der Waals surface area contributed by atoms with Crippen molar-refractivity contribution in [3.63, 3.8) is 0 Å². The van der Waals surface area contributed by atoms with Crippen molar-refractivity contribution >= 4 is 5.97 Å². The van der Waals surface area contributed by atoms with E-state index in [1.807, 2.05) is 36.2 Å². The lowest BCUT2D eigenvalue weighted by Crippen LogP contribution is -2.18. The van der Waals surface area contributed by atoms with Gasteiger partial charge in [-0.3, -0.25) is 4.90 Å². The summed E-state index contributed by atoms with van der Waals surface area (Å²) in [5, 5.41) is 8.76. The van der Waals surface area contributed by atoms with Crippen molar-refractivity contribution in [3.8, 4) is 5.75 Å². The molecule has 4 heteroatoms. The molecule has 0 spiro atoms. The molecule has 0 aliphatic rings. The lowest BCUT2D eigenvalue weighted by Gasteiger charge is -2.16. The number of benzene rings is 1. The van der Waals surface area contributed by atoms with Crippen LogP contribution in [0.25, 0.3) is 0 Å². The number of rotatable bonds is 6. The normalized spacial score (nSPS) is 11.7. The number of hydrogen-bond acceptors (Lipinski definition) is 3. The maximum atomic E-state index is 10.7. The summed E-state index contributed by atoms with van der Waals surface area (Å²) in [5.41, 5.74) is 1.45. The minimum Gasteiger partial charge on any atom is -0.496 e. The second-order valence-electron chi connectivity index (χ2n) is 4.20. The van der Waals surface area contributed by atoms with Crippen molar-refractivity contribution in [1.82, 2.24) is 4.90 Å². The van der Waals surface area contributed by atoms with Gasteiger partial charge >= 0.3 is 5.97 Å². The molecule has 0 heterocycles. The second kappa shape index (κ2) is 6.81. The van der Waals surface area contributed by atoms with E-state index in [-0.39, 0.29) is 0 Å². The number of carbonyl (C=O) groups is 1. The molecular weight excluding hydrogens is 230 g/mol. The summed E-state index contributed by atoms with van der Waals surface area (Å²) in [5.74, 6) is -0.0241. The zero-order valence-corrected chi connectivity index (χ0v) is 11.0. The summed E-state index contributed by atoms with van der Waals surface area (Å²) in [4.78, 5) is 12.7. The van der Waals surface area contributed by atoms with Crippen LogP contribution in [0, 0.1) is 0 Å². The third-order valence-corrected chi connectivity index (χ3v) is 2.68. The molecule has 4 nitrogen and oxygen atoms in total. The van der Waals surface area contributed by atoms with Crippen LogP contribution in [-0.4, -0.2) is 36.7 Å². The Morgan fingerprint density at radius 1 is 1.44 bits per heavy atom. The van der Waals surface area contributed by atoms with E-state index >= 15 is 0 Å². The van der Waals surface area contributed by atoms with E-state index in [1.165, 1.54) is 0 Å². The minimum absolute atomic E-state index is 0.363. The number of carboxylic acids is 1. The van der Waals surface area contributed by atoms with Crippen molar-refractivity contribution in [3.05, 3.63) is 41.5 Å². The van der Waals surface area contributed by atoms with Crippen molar-refractivity contribution < 1.29 is 14.6 Å². The molecule has 18 heavy (non-hydrogen) atoms. The highest BCUT2D eigenvalue weighted by Gasteiger charge is 2.05. The lowest BCUT2D eigenvalue weighted by molar-refractivity contribution is -0.132. The fraction of sp³-hybridized carbons (Fsp3) is 0.357. The number of likely N-dealkylation sites (N-methyl/N-ethyl adjacent to an activating group) is 1. The Kier molecular flexibility index (Phi) is 5.39.